The number of nitrogens with zero attached hydrogens (tertiary/aromatic N) is 3. The first kappa shape index (κ1) is 17.1. The number of nitrogen functional groups attached to an aromatic ring is 1. The summed E-state index contributed by atoms with van der Waals surface area (Å²) in [6, 6.07) is 11.8. The number of nitrogens with two attached hydrogens (primary N) is 1. The molecule has 3 N–H and O–H groups in total. The molecule has 26 heavy (non-hydrogen) atoms. The molecule has 2 aromatic heterocycles. The Morgan fingerprint density at radius 2 is 1.88 bits per heavy atom. The second-order valence-corrected chi connectivity index (χ2v) is 7.04. The van der Waals surface area contributed by atoms with Crippen molar-refractivity contribution >= 4 is 17.0 Å². The quantitative estimate of drug-likeness (QED) is 0.666. The Hall–Kier alpha value is -2.31. The molecule has 6 nitrogen and oxygen atoms in total. The van der Waals surface area contributed by atoms with E-state index in [-0.39, 0.29) is 0 Å². The maximum atomic E-state index is 10.5. The Bertz CT molecular complexity index is 850. The zero-order valence-electron chi connectivity index (χ0n) is 15.1. The molecule has 0 spiro atoms. The van der Waals surface area contributed by atoms with E-state index in [1.165, 1.54) is 32.4 Å². The molecule has 0 aliphatic carbocycles. The van der Waals surface area contributed by atoms with Crippen molar-refractivity contribution in [2.75, 3.05) is 25.4 Å². The van der Waals surface area contributed by atoms with Crippen molar-refractivity contribution in [2.45, 2.75) is 38.5 Å². The number of furan rings is 1. The molecule has 1 atom stereocenters. The summed E-state index contributed by atoms with van der Waals surface area (Å²) in [6.07, 6.45) is 4.78. The topological polar surface area (TPSA) is 71.4 Å². The number of anilines is 1. The zero-order valence-corrected chi connectivity index (χ0v) is 15.1. The number of rotatable bonds is 6. The van der Waals surface area contributed by atoms with Gasteiger partial charge in [-0.3, -0.25) is 5.73 Å². The zero-order chi connectivity index (χ0) is 17.9. The SMILES string of the molecule is Nc1n(CCN2CCCCC2)c2ccccc2[n+]1C[C@H](O)c1ccco1. The van der Waals surface area contributed by atoms with Crippen molar-refractivity contribution in [3.63, 3.8) is 0 Å². The summed E-state index contributed by atoms with van der Waals surface area (Å²) < 4.78 is 9.49. The van der Waals surface area contributed by atoms with Crippen LogP contribution in [-0.4, -0.2) is 34.2 Å². The lowest BCUT2D eigenvalue weighted by Crippen LogP contribution is -2.40. The van der Waals surface area contributed by atoms with E-state index in [1.807, 2.05) is 16.7 Å². The lowest BCUT2D eigenvalue weighted by molar-refractivity contribution is -0.666. The highest BCUT2D eigenvalue weighted by atomic mass is 16.4. The molecule has 0 unspecified atom stereocenters. The van der Waals surface area contributed by atoms with E-state index in [0.717, 1.165) is 24.1 Å². The summed E-state index contributed by atoms with van der Waals surface area (Å²) in [5, 5.41) is 10.5. The maximum Gasteiger partial charge on any atom is 0.356 e. The third-order valence-corrected chi connectivity index (χ3v) is 5.33. The van der Waals surface area contributed by atoms with Crippen molar-refractivity contribution in [1.29, 1.82) is 0 Å². The predicted molar refractivity (Wildman–Crippen MR) is 101 cm³/mol. The van der Waals surface area contributed by atoms with Crippen molar-refractivity contribution in [3.8, 4) is 0 Å². The second-order valence-electron chi connectivity index (χ2n) is 7.04. The average Bonchev–Trinajstić information content (AvgIpc) is 3.29. The van der Waals surface area contributed by atoms with Crippen molar-refractivity contribution in [1.82, 2.24) is 9.47 Å². The van der Waals surface area contributed by atoms with Crippen molar-refractivity contribution < 1.29 is 14.1 Å². The Morgan fingerprint density at radius 3 is 2.65 bits per heavy atom. The molecular weight excluding hydrogens is 328 g/mol. The minimum Gasteiger partial charge on any atom is -0.466 e. The number of likely N-dealkylation sites (tertiary alicyclic amines) is 1. The predicted octanol–water partition coefficient (Wildman–Crippen LogP) is 2.32. The molecule has 3 heterocycles. The molecule has 0 amide bonds. The third kappa shape index (κ3) is 3.34. The van der Waals surface area contributed by atoms with Crippen LogP contribution in [-0.2, 0) is 13.1 Å². The highest BCUT2D eigenvalue weighted by molar-refractivity contribution is 5.73. The van der Waals surface area contributed by atoms with Gasteiger partial charge in [0, 0.05) is 6.54 Å². The van der Waals surface area contributed by atoms with Crippen LogP contribution >= 0.6 is 0 Å². The van der Waals surface area contributed by atoms with E-state index in [4.69, 9.17) is 10.2 Å². The van der Waals surface area contributed by atoms with Crippen LogP contribution in [0.15, 0.2) is 47.1 Å². The number of imidazole rings is 1. The van der Waals surface area contributed by atoms with Crippen LogP contribution in [0.5, 0.6) is 0 Å². The van der Waals surface area contributed by atoms with Gasteiger partial charge in [-0.2, -0.15) is 0 Å². The minimum absolute atomic E-state index is 0.372. The van der Waals surface area contributed by atoms with Crippen LogP contribution in [0.2, 0.25) is 0 Å². The van der Waals surface area contributed by atoms with Crippen molar-refractivity contribution in [3.05, 3.63) is 48.4 Å². The van der Waals surface area contributed by atoms with Gasteiger partial charge in [-0.1, -0.05) is 18.6 Å². The fourth-order valence-corrected chi connectivity index (χ4v) is 3.91. The van der Waals surface area contributed by atoms with Gasteiger partial charge in [-0.05, 0) is 50.2 Å². The number of aliphatic hydroxyl groups excluding tert-OH is 1. The summed E-state index contributed by atoms with van der Waals surface area (Å²) in [6.45, 7) is 4.59. The maximum absolute atomic E-state index is 10.5. The van der Waals surface area contributed by atoms with Gasteiger partial charge >= 0.3 is 5.95 Å². The highest BCUT2D eigenvalue weighted by Gasteiger charge is 2.24. The number of piperidine rings is 1. The van der Waals surface area contributed by atoms with Gasteiger partial charge in [0.15, 0.2) is 0 Å². The third-order valence-electron chi connectivity index (χ3n) is 5.33. The molecule has 0 bridgehead atoms. The molecule has 1 aliphatic rings. The van der Waals surface area contributed by atoms with E-state index < -0.39 is 6.10 Å². The molecule has 0 saturated carbocycles. The number of fused-ring (bicyclic) bond motifs is 1. The van der Waals surface area contributed by atoms with Gasteiger partial charge < -0.3 is 14.4 Å². The van der Waals surface area contributed by atoms with Crippen LogP contribution in [0.25, 0.3) is 11.0 Å². The summed E-state index contributed by atoms with van der Waals surface area (Å²) in [5.74, 6) is 1.23. The van der Waals surface area contributed by atoms with Crippen LogP contribution in [0.3, 0.4) is 0 Å². The van der Waals surface area contributed by atoms with Gasteiger partial charge in [-0.15, -0.1) is 0 Å². The molecule has 3 aromatic rings. The van der Waals surface area contributed by atoms with Crippen molar-refractivity contribution in [2.24, 2.45) is 0 Å². The average molecular weight is 355 g/mol. The van der Waals surface area contributed by atoms with E-state index in [0.29, 0.717) is 18.3 Å². The fourth-order valence-electron chi connectivity index (χ4n) is 3.91. The standard InChI is InChI=1S/C20H26N4O2/c21-20-23(13-12-22-10-4-1-5-11-22)16-7-2-3-8-17(16)24(20)15-18(25)19-9-6-14-26-19/h2-3,6-9,14,18,21,25H,1,4-5,10-13,15H2/p+1/t18-/m0/s1. The summed E-state index contributed by atoms with van der Waals surface area (Å²) in [5.41, 5.74) is 8.64. The minimum atomic E-state index is -0.723. The van der Waals surface area contributed by atoms with Gasteiger partial charge in [-0.25, -0.2) is 9.13 Å². The van der Waals surface area contributed by atoms with Crippen LogP contribution in [0, 0.1) is 0 Å². The Morgan fingerprint density at radius 1 is 1.08 bits per heavy atom. The van der Waals surface area contributed by atoms with Gasteiger partial charge in [0.1, 0.15) is 29.4 Å². The number of hydrogen-bond acceptors (Lipinski definition) is 4. The van der Waals surface area contributed by atoms with E-state index in [9.17, 15) is 5.11 Å². The number of aromatic nitrogens is 2. The first-order valence-corrected chi connectivity index (χ1v) is 9.44. The number of benzene rings is 1. The van der Waals surface area contributed by atoms with Crippen LogP contribution in [0.1, 0.15) is 31.1 Å². The lowest BCUT2D eigenvalue weighted by atomic mass is 10.1. The molecule has 138 valence electrons. The normalized spacial score (nSPS) is 17.0. The van der Waals surface area contributed by atoms with Gasteiger partial charge in [0.05, 0.1) is 12.8 Å². The Labute approximate surface area is 153 Å². The molecule has 4 rings (SSSR count). The first-order valence-electron chi connectivity index (χ1n) is 9.44. The van der Waals surface area contributed by atoms with E-state index in [2.05, 4.69) is 21.6 Å². The highest BCUT2D eigenvalue weighted by Crippen LogP contribution is 2.20. The number of aliphatic hydroxyl groups is 1. The molecule has 1 aromatic carbocycles. The largest absolute Gasteiger partial charge is 0.466 e. The van der Waals surface area contributed by atoms with E-state index >= 15 is 0 Å². The number of para-hydroxylation sites is 2. The summed E-state index contributed by atoms with van der Waals surface area (Å²) >= 11 is 0. The fraction of sp³-hybridized carbons (Fsp3) is 0.450. The van der Waals surface area contributed by atoms with Crippen LogP contribution in [0.4, 0.5) is 5.95 Å². The van der Waals surface area contributed by atoms with Crippen LogP contribution < -0.4 is 10.3 Å². The number of hydrogen-bond donors (Lipinski definition) is 2. The second kappa shape index (κ2) is 7.51. The first-order chi connectivity index (χ1) is 12.7. The van der Waals surface area contributed by atoms with E-state index in [1.54, 1.807) is 18.4 Å². The Balaban J connectivity index is 1.60. The smallest absolute Gasteiger partial charge is 0.356 e. The van der Waals surface area contributed by atoms with Gasteiger partial charge in [0.2, 0.25) is 0 Å². The monoisotopic (exact) mass is 355 g/mol. The molecule has 1 saturated heterocycles. The summed E-state index contributed by atoms with van der Waals surface area (Å²) in [7, 11) is 0. The molecular formula is C20H27N4O2+. The molecule has 6 heteroatoms. The molecule has 0 radical (unpaired) electrons. The molecule has 1 aliphatic heterocycles. The lowest BCUT2D eigenvalue weighted by Gasteiger charge is -2.25. The van der Waals surface area contributed by atoms with Gasteiger partial charge in [0.25, 0.3) is 0 Å². The summed E-state index contributed by atoms with van der Waals surface area (Å²) in [4.78, 5) is 2.51. The molecule has 1 fully saturated rings. The Kier molecular flexibility index (Phi) is 4.95.